The molecule has 0 bridgehead atoms. The Balaban J connectivity index is 2.21. The monoisotopic (exact) mass is 265 g/mol. The van der Waals surface area contributed by atoms with E-state index < -0.39 is 17.5 Å². The summed E-state index contributed by atoms with van der Waals surface area (Å²) < 4.78 is 26.3. The molecule has 5 heteroatoms. The molecule has 0 heterocycles. The molecule has 2 rings (SSSR count). The molecule has 18 heavy (non-hydrogen) atoms. The van der Waals surface area contributed by atoms with Crippen LogP contribution in [0.2, 0.25) is 0 Å². The smallest absolute Gasteiger partial charge is 0.258 e. The van der Waals surface area contributed by atoms with Gasteiger partial charge in [-0.2, -0.15) is 0 Å². The molecule has 0 fully saturated rings. The molecule has 0 aromatic heterocycles. The van der Waals surface area contributed by atoms with Crippen LogP contribution in [0.3, 0.4) is 0 Å². The van der Waals surface area contributed by atoms with Gasteiger partial charge in [-0.15, -0.1) is 12.6 Å². The molecule has 2 aromatic carbocycles. The van der Waals surface area contributed by atoms with Gasteiger partial charge in [0.05, 0.1) is 5.56 Å². The van der Waals surface area contributed by atoms with E-state index in [2.05, 4.69) is 17.9 Å². The maximum absolute atomic E-state index is 13.3. The molecule has 0 aliphatic carbocycles. The first-order valence-electron chi connectivity index (χ1n) is 5.12. The number of anilines is 1. The predicted octanol–water partition coefficient (Wildman–Crippen LogP) is 3.51. The summed E-state index contributed by atoms with van der Waals surface area (Å²) in [7, 11) is 0. The minimum Gasteiger partial charge on any atom is -0.322 e. The SMILES string of the molecule is O=C(Nc1ccc(S)cc1)c1cc(F)ccc1F. The van der Waals surface area contributed by atoms with Gasteiger partial charge in [0, 0.05) is 10.6 Å². The summed E-state index contributed by atoms with van der Waals surface area (Å²) in [5.74, 6) is -2.12. The second-order valence-corrected chi connectivity index (χ2v) is 4.14. The molecule has 0 saturated carbocycles. The maximum atomic E-state index is 13.3. The van der Waals surface area contributed by atoms with Crippen LogP contribution in [0.5, 0.6) is 0 Å². The molecule has 0 unspecified atom stereocenters. The molecule has 1 amide bonds. The largest absolute Gasteiger partial charge is 0.322 e. The van der Waals surface area contributed by atoms with E-state index in [1.54, 1.807) is 24.3 Å². The number of thiol groups is 1. The molecule has 0 aliphatic rings. The second-order valence-electron chi connectivity index (χ2n) is 3.63. The lowest BCUT2D eigenvalue weighted by atomic mass is 10.2. The minimum absolute atomic E-state index is 0.329. The van der Waals surface area contributed by atoms with Gasteiger partial charge in [-0.05, 0) is 42.5 Å². The lowest BCUT2D eigenvalue weighted by molar-refractivity contribution is 0.102. The normalized spacial score (nSPS) is 10.2. The third kappa shape index (κ3) is 2.87. The zero-order chi connectivity index (χ0) is 13.1. The molecule has 0 radical (unpaired) electrons. The van der Waals surface area contributed by atoms with Crippen LogP contribution in [0.4, 0.5) is 14.5 Å². The molecular formula is C13H9F2NOS. The number of amides is 1. The topological polar surface area (TPSA) is 29.1 Å². The van der Waals surface area contributed by atoms with Crippen molar-refractivity contribution in [1.82, 2.24) is 0 Å². The Morgan fingerprint density at radius 1 is 1.06 bits per heavy atom. The highest BCUT2D eigenvalue weighted by Gasteiger charge is 2.12. The van der Waals surface area contributed by atoms with E-state index in [1.165, 1.54) is 0 Å². The van der Waals surface area contributed by atoms with E-state index in [0.29, 0.717) is 5.69 Å². The summed E-state index contributed by atoms with van der Waals surface area (Å²) >= 11 is 4.10. The van der Waals surface area contributed by atoms with Gasteiger partial charge >= 0.3 is 0 Å². The molecule has 2 aromatic rings. The van der Waals surface area contributed by atoms with Gasteiger partial charge in [-0.25, -0.2) is 8.78 Å². The number of nitrogens with one attached hydrogen (secondary N) is 1. The third-order valence-corrected chi connectivity index (χ3v) is 2.60. The van der Waals surface area contributed by atoms with Crippen molar-refractivity contribution in [1.29, 1.82) is 0 Å². The van der Waals surface area contributed by atoms with E-state index >= 15 is 0 Å². The zero-order valence-corrected chi connectivity index (χ0v) is 10.0. The average molecular weight is 265 g/mol. The number of carbonyl (C=O) groups is 1. The number of hydrogen-bond acceptors (Lipinski definition) is 2. The first-order chi connectivity index (χ1) is 8.56. The van der Waals surface area contributed by atoms with Crippen molar-refractivity contribution in [2.45, 2.75) is 4.90 Å². The van der Waals surface area contributed by atoms with Gasteiger partial charge in [0.1, 0.15) is 11.6 Å². The van der Waals surface area contributed by atoms with Crippen molar-refractivity contribution in [3.05, 3.63) is 59.7 Å². The summed E-state index contributed by atoms with van der Waals surface area (Å²) in [6.07, 6.45) is 0. The standard InChI is InChI=1S/C13H9F2NOS/c14-8-1-6-12(15)11(7-8)13(17)16-9-2-4-10(18)5-3-9/h1-7,18H,(H,16,17). The molecule has 2 nitrogen and oxygen atoms in total. The second kappa shape index (κ2) is 5.18. The van der Waals surface area contributed by atoms with Crippen LogP contribution in [-0.4, -0.2) is 5.91 Å². The van der Waals surface area contributed by atoms with Crippen molar-refractivity contribution < 1.29 is 13.6 Å². The molecular weight excluding hydrogens is 256 g/mol. The number of hydrogen-bond donors (Lipinski definition) is 2. The average Bonchev–Trinajstić information content (AvgIpc) is 2.35. The van der Waals surface area contributed by atoms with Gasteiger partial charge in [-0.3, -0.25) is 4.79 Å². The van der Waals surface area contributed by atoms with Gasteiger partial charge in [0.25, 0.3) is 5.91 Å². The highest BCUT2D eigenvalue weighted by Crippen LogP contribution is 2.15. The Labute approximate surface area is 108 Å². The number of carbonyl (C=O) groups excluding carboxylic acids is 1. The summed E-state index contributed by atoms with van der Waals surface area (Å²) in [6, 6.07) is 9.34. The Morgan fingerprint density at radius 2 is 1.72 bits per heavy atom. The van der Waals surface area contributed by atoms with Crippen molar-refractivity contribution in [3.8, 4) is 0 Å². The Morgan fingerprint density at radius 3 is 2.39 bits per heavy atom. The molecule has 0 spiro atoms. The quantitative estimate of drug-likeness (QED) is 0.799. The van der Waals surface area contributed by atoms with E-state index in [-0.39, 0.29) is 5.56 Å². The van der Waals surface area contributed by atoms with Crippen LogP contribution in [-0.2, 0) is 0 Å². The zero-order valence-electron chi connectivity index (χ0n) is 9.15. The number of halogens is 2. The van der Waals surface area contributed by atoms with E-state index in [1.807, 2.05) is 0 Å². The van der Waals surface area contributed by atoms with Crippen LogP contribution in [0, 0.1) is 11.6 Å². The predicted molar refractivity (Wildman–Crippen MR) is 68.0 cm³/mol. The fourth-order valence-corrected chi connectivity index (χ4v) is 1.56. The summed E-state index contributed by atoms with van der Waals surface area (Å²) in [5, 5.41) is 2.47. The fraction of sp³-hybridized carbons (Fsp3) is 0. The number of benzene rings is 2. The van der Waals surface area contributed by atoms with Crippen LogP contribution in [0.15, 0.2) is 47.4 Å². The molecule has 1 N–H and O–H groups in total. The Hall–Kier alpha value is -1.88. The highest BCUT2D eigenvalue weighted by molar-refractivity contribution is 7.80. The van der Waals surface area contributed by atoms with Crippen LogP contribution in [0.25, 0.3) is 0 Å². The van der Waals surface area contributed by atoms with Crippen LogP contribution < -0.4 is 5.32 Å². The first-order valence-corrected chi connectivity index (χ1v) is 5.56. The first kappa shape index (κ1) is 12.6. The lowest BCUT2D eigenvalue weighted by Gasteiger charge is -2.06. The summed E-state index contributed by atoms with van der Waals surface area (Å²) in [5.41, 5.74) is 0.159. The van der Waals surface area contributed by atoms with Gasteiger partial charge in [-0.1, -0.05) is 0 Å². The molecule has 0 aliphatic heterocycles. The van der Waals surface area contributed by atoms with Crippen molar-refractivity contribution in [2.24, 2.45) is 0 Å². The highest BCUT2D eigenvalue weighted by atomic mass is 32.1. The van der Waals surface area contributed by atoms with E-state index in [9.17, 15) is 13.6 Å². The van der Waals surface area contributed by atoms with Crippen molar-refractivity contribution in [3.63, 3.8) is 0 Å². The van der Waals surface area contributed by atoms with Crippen LogP contribution >= 0.6 is 12.6 Å². The van der Waals surface area contributed by atoms with Crippen molar-refractivity contribution in [2.75, 3.05) is 5.32 Å². The van der Waals surface area contributed by atoms with Gasteiger partial charge in [0.15, 0.2) is 0 Å². The summed E-state index contributed by atoms with van der Waals surface area (Å²) in [6.45, 7) is 0. The van der Waals surface area contributed by atoms with Crippen molar-refractivity contribution >= 4 is 24.2 Å². The molecule has 0 atom stereocenters. The van der Waals surface area contributed by atoms with Gasteiger partial charge < -0.3 is 5.32 Å². The molecule has 0 saturated heterocycles. The fourth-order valence-electron chi connectivity index (χ4n) is 1.41. The maximum Gasteiger partial charge on any atom is 0.258 e. The third-order valence-electron chi connectivity index (χ3n) is 2.30. The Bertz CT molecular complexity index is 584. The number of rotatable bonds is 2. The Kier molecular flexibility index (Phi) is 3.62. The van der Waals surface area contributed by atoms with E-state index in [0.717, 1.165) is 23.1 Å². The minimum atomic E-state index is -0.764. The summed E-state index contributed by atoms with van der Waals surface area (Å²) in [4.78, 5) is 12.5. The van der Waals surface area contributed by atoms with Crippen LogP contribution in [0.1, 0.15) is 10.4 Å². The lowest BCUT2D eigenvalue weighted by Crippen LogP contribution is -2.14. The molecule has 92 valence electrons. The van der Waals surface area contributed by atoms with Gasteiger partial charge in [0.2, 0.25) is 0 Å². The van der Waals surface area contributed by atoms with E-state index in [4.69, 9.17) is 0 Å².